The summed E-state index contributed by atoms with van der Waals surface area (Å²) < 4.78 is 0. The molecule has 2 nitrogen and oxygen atoms in total. The van der Waals surface area contributed by atoms with Crippen molar-refractivity contribution in [1.82, 2.24) is 4.98 Å². The number of nitrogen functional groups attached to an aromatic ring is 1. The maximum atomic E-state index is 5.46. The Labute approximate surface area is 68.6 Å². The highest BCUT2D eigenvalue weighted by Crippen LogP contribution is 2.21. The van der Waals surface area contributed by atoms with Gasteiger partial charge < -0.3 is 5.73 Å². The van der Waals surface area contributed by atoms with E-state index >= 15 is 0 Å². The molecule has 3 heteroatoms. The van der Waals surface area contributed by atoms with Crippen molar-refractivity contribution in [1.29, 1.82) is 0 Å². The number of nitrogens with zero attached hydrogens (tertiary/aromatic N) is 1. The molecule has 0 spiro atoms. The van der Waals surface area contributed by atoms with Crippen molar-refractivity contribution in [2.45, 2.75) is 11.8 Å². The summed E-state index contributed by atoms with van der Waals surface area (Å²) >= 11 is 3.43. The number of hydrogen-bond donors (Lipinski definition) is 1. The van der Waals surface area contributed by atoms with Crippen LogP contribution in [0.3, 0.4) is 0 Å². The second-order valence-corrected chi connectivity index (χ2v) is 3.50. The molecule has 1 unspecified atom stereocenters. The van der Waals surface area contributed by atoms with Crippen molar-refractivity contribution in [2.75, 3.05) is 5.73 Å². The van der Waals surface area contributed by atoms with Crippen LogP contribution in [0.2, 0.25) is 0 Å². The monoisotopic (exact) mass is 200 g/mol. The van der Waals surface area contributed by atoms with E-state index in [1.165, 1.54) is 0 Å². The molecular formula is C7H9BrN2. The maximum absolute atomic E-state index is 5.46. The first-order valence-corrected chi connectivity index (χ1v) is 3.97. The first-order valence-electron chi connectivity index (χ1n) is 3.05. The Balaban J connectivity index is 2.96. The molecule has 1 atom stereocenters. The van der Waals surface area contributed by atoms with Crippen LogP contribution in [0.15, 0.2) is 18.3 Å². The fraction of sp³-hybridized carbons (Fsp3) is 0.286. The molecule has 0 bridgehead atoms. The summed E-state index contributed by atoms with van der Waals surface area (Å²) in [5.74, 6) is 0.573. The van der Waals surface area contributed by atoms with Crippen LogP contribution in [0, 0.1) is 0 Å². The second-order valence-electron chi connectivity index (χ2n) is 2.13. The Morgan fingerprint density at radius 2 is 2.40 bits per heavy atom. The zero-order valence-electron chi connectivity index (χ0n) is 5.71. The van der Waals surface area contributed by atoms with Gasteiger partial charge in [-0.25, -0.2) is 4.98 Å². The molecule has 0 aliphatic carbocycles. The first kappa shape index (κ1) is 7.54. The van der Waals surface area contributed by atoms with Gasteiger partial charge in [0.1, 0.15) is 5.82 Å². The highest BCUT2D eigenvalue weighted by atomic mass is 79.9. The number of hydrogen-bond acceptors (Lipinski definition) is 2. The molecule has 0 radical (unpaired) electrons. The van der Waals surface area contributed by atoms with Crippen LogP contribution in [0.5, 0.6) is 0 Å². The second kappa shape index (κ2) is 3.01. The molecule has 0 saturated heterocycles. The molecule has 0 aliphatic rings. The summed E-state index contributed by atoms with van der Waals surface area (Å²) in [4.78, 5) is 4.22. The number of alkyl halides is 1. The van der Waals surface area contributed by atoms with Crippen molar-refractivity contribution in [3.8, 4) is 0 Å². The zero-order valence-corrected chi connectivity index (χ0v) is 7.30. The van der Waals surface area contributed by atoms with Crippen LogP contribution in [-0.4, -0.2) is 4.98 Å². The van der Waals surface area contributed by atoms with Crippen molar-refractivity contribution < 1.29 is 0 Å². The van der Waals surface area contributed by atoms with E-state index in [9.17, 15) is 0 Å². The van der Waals surface area contributed by atoms with Gasteiger partial charge in [-0.15, -0.1) is 0 Å². The van der Waals surface area contributed by atoms with E-state index in [0.29, 0.717) is 10.6 Å². The summed E-state index contributed by atoms with van der Waals surface area (Å²) in [7, 11) is 0. The molecular weight excluding hydrogens is 192 g/mol. The number of pyridine rings is 1. The van der Waals surface area contributed by atoms with E-state index in [-0.39, 0.29) is 0 Å². The SMILES string of the molecule is CC(Br)c1ccnc(N)c1. The summed E-state index contributed by atoms with van der Waals surface area (Å²) in [6.45, 7) is 2.05. The van der Waals surface area contributed by atoms with E-state index in [1.807, 2.05) is 12.1 Å². The summed E-state index contributed by atoms with van der Waals surface area (Å²) in [6.07, 6.45) is 1.71. The molecule has 1 aromatic heterocycles. The van der Waals surface area contributed by atoms with Gasteiger partial charge in [0, 0.05) is 11.0 Å². The third-order valence-electron chi connectivity index (χ3n) is 1.26. The molecule has 2 N–H and O–H groups in total. The topological polar surface area (TPSA) is 38.9 Å². The van der Waals surface area contributed by atoms with E-state index in [2.05, 4.69) is 27.8 Å². The van der Waals surface area contributed by atoms with Crippen molar-refractivity contribution in [3.05, 3.63) is 23.9 Å². The highest BCUT2D eigenvalue weighted by molar-refractivity contribution is 9.09. The minimum Gasteiger partial charge on any atom is -0.384 e. The third-order valence-corrected chi connectivity index (χ3v) is 1.79. The standard InChI is InChI=1S/C7H9BrN2/c1-5(8)6-2-3-10-7(9)4-6/h2-5H,1H3,(H2,9,10). The predicted octanol–water partition coefficient (Wildman–Crippen LogP) is 2.12. The minimum atomic E-state index is 0.345. The quantitative estimate of drug-likeness (QED) is 0.706. The Kier molecular flexibility index (Phi) is 2.27. The van der Waals surface area contributed by atoms with Crippen molar-refractivity contribution in [2.24, 2.45) is 0 Å². The summed E-state index contributed by atoms with van der Waals surface area (Å²) in [6, 6.07) is 3.80. The lowest BCUT2D eigenvalue weighted by molar-refractivity contribution is 1.11. The van der Waals surface area contributed by atoms with Gasteiger partial charge in [-0.2, -0.15) is 0 Å². The van der Waals surface area contributed by atoms with E-state index < -0.39 is 0 Å². The fourth-order valence-electron chi connectivity index (χ4n) is 0.713. The normalized spacial score (nSPS) is 13.0. The van der Waals surface area contributed by atoms with Gasteiger partial charge >= 0.3 is 0 Å². The van der Waals surface area contributed by atoms with E-state index in [0.717, 1.165) is 5.56 Å². The van der Waals surface area contributed by atoms with Crippen LogP contribution in [0.25, 0.3) is 0 Å². The number of rotatable bonds is 1. The van der Waals surface area contributed by atoms with E-state index in [1.54, 1.807) is 6.20 Å². The zero-order chi connectivity index (χ0) is 7.56. The molecule has 1 rings (SSSR count). The molecule has 0 aromatic carbocycles. The smallest absolute Gasteiger partial charge is 0.123 e. The molecule has 0 fully saturated rings. The number of halogens is 1. The Morgan fingerprint density at radius 1 is 1.70 bits per heavy atom. The van der Waals surface area contributed by atoms with Gasteiger partial charge in [-0.05, 0) is 24.6 Å². The average Bonchev–Trinajstić information content (AvgIpc) is 1.88. The minimum absolute atomic E-state index is 0.345. The number of nitrogens with two attached hydrogens (primary N) is 1. The largest absolute Gasteiger partial charge is 0.384 e. The van der Waals surface area contributed by atoms with Crippen molar-refractivity contribution >= 4 is 21.7 Å². The Bertz CT molecular complexity index is 223. The average molecular weight is 201 g/mol. The first-order chi connectivity index (χ1) is 4.70. The van der Waals surface area contributed by atoms with Gasteiger partial charge in [-0.3, -0.25) is 0 Å². The van der Waals surface area contributed by atoms with Gasteiger partial charge in [0.15, 0.2) is 0 Å². The van der Waals surface area contributed by atoms with E-state index in [4.69, 9.17) is 5.73 Å². The van der Waals surface area contributed by atoms with Gasteiger partial charge in [0.05, 0.1) is 0 Å². The lowest BCUT2D eigenvalue weighted by Crippen LogP contribution is -1.91. The van der Waals surface area contributed by atoms with Crippen LogP contribution >= 0.6 is 15.9 Å². The fourth-order valence-corrected chi connectivity index (χ4v) is 0.998. The van der Waals surface area contributed by atoms with Crippen LogP contribution in [0.4, 0.5) is 5.82 Å². The van der Waals surface area contributed by atoms with Crippen molar-refractivity contribution in [3.63, 3.8) is 0 Å². The van der Waals surface area contributed by atoms with Gasteiger partial charge in [-0.1, -0.05) is 15.9 Å². The molecule has 0 amide bonds. The lowest BCUT2D eigenvalue weighted by Gasteiger charge is -2.01. The molecule has 0 saturated carbocycles. The summed E-state index contributed by atoms with van der Waals surface area (Å²) in [5.41, 5.74) is 6.62. The predicted molar refractivity (Wildman–Crippen MR) is 46.0 cm³/mol. The molecule has 1 aromatic rings. The Morgan fingerprint density at radius 3 is 2.80 bits per heavy atom. The summed E-state index contributed by atoms with van der Waals surface area (Å²) in [5, 5.41) is 0. The molecule has 0 aliphatic heterocycles. The molecule has 54 valence electrons. The molecule has 10 heavy (non-hydrogen) atoms. The number of anilines is 1. The Hall–Kier alpha value is -0.570. The van der Waals surface area contributed by atoms with Crippen LogP contribution in [0.1, 0.15) is 17.3 Å². The van der Waals surface area contributed by atoms with Gasteiger partial charge in [0.25, 0.3) is 0 Å². The molecule has 1 heterocycles. The third kappa shape index (κ3) is 1.70. The maximum Gasteiger partial charge on any atom is 0.123 e. The van der Waals surface area contributed by atoms with Gasteiger partial charge in [0.2, 0.25) is 0 Å². The lowest BCUT2D eigenvalue weighted by atomic mass is 10.2. The van der Waals surface area contributed by atoms with Crippen LogP contribution < -0.4 is 5.73 Å². The highest BCUT2D eigenvalue weighted by Gasteiger charge is 1.99. The number of aromatic nitrogens is 1. The van der Waals surface area contributed by atoms with Crippen LogP contribution in [-0.2, 0) is 0 Å².